The van der Waals surface area contributed by atoms with Crippen LogP contribution in [-0.4, -0.2) is 12.1 Å². The Morgan fingerprint density at radius 1 is 1.40 bits per heavy atom. The van der Waals surface area contributed by atoms with Gasteiger partial charge in [0.05, 0.1) is 0 Å². The number of hydrogen-bond acceptors (Lipinski definition) is 1. The first kappa shape index (κ1) is 8.58. The van der Waals surface area contributed by atoms with Crippen molar-refractivity contribution in [3.8, 4) is 0 Å². The van der Waals surface area contributed by atoms with Crippen molar-refractivity contribution in [2.24, 2.45) is 5.89 Å². The molecule has 0 aromatic rings. The van der Waals surface area contributed by atoms with Gasteiger partial charge in [-0.2, -0.15) is 0 Å². The molecule has 3 unspecified atom stereocenters. The summed E-state index contributed by atoms with van der Waals surface area (Å²) in [5, 5.41) is 3.72. The Balaban J connectivity index is 1.95. The van der Waals surface area contributed by atoms with Crippen LogP contribution in [0.15, 0.2) is 23.3 Å². The summed E-state index contributed by atoms with van der Waals surface area (Å²) in [5.74, 6) is -0.299. The van der Waals surface area contributed by atoms with Gasteiger partial charge < -0.3 is 5.32 Å². The van der Waals surface area contributed by atoms with Crippen molar-refractivity contribution < 1.29 is 1.37 Å². The summed E-state index contributed by atoms with van der Waals surface area (Å²) in [6.07, 6.45) is 12.0. The topological polar surface area (TPSA) is 12.0 Å². The van der Waals surface area contributed by atoms with E-state index in [1.54, 1.807) is 0 Å². The average molecular weight is 204 g/mol. The molecule has 1 N–H and O–H groups in total. The highest BCUT2D eigenvalue weighted by molar-refractivity contribution is 5.37. The SMILES string of the molecule is [2H]C1(C)CCCC2=CC3=CCCCC3NC21. The lowest BCUT2D eigenvalue weighted by Gasteiger charge is -2.41. The lowest BCUT2D eigenvalue weighted by atomic mass is 9.76. The van der Waals surface area contributed by atoms with Crippen LogP contribution in [0.5, 0.6) is 0 Å². The van der Waals surface area contributed by atoms with Crippen molar-refractivity contribution in [1.82, 2.24) is 5.32 Å². The highest BCUT2D eigenvalue weighted by atomic mass is 15.0. The molecule has 1 heteroatoms. The molecule has 0 aromatic heterocycles. The largest absolute Gasteiger partial charge is 0.303 e. The van der Waals surface area contributed by atoms with Crippen LogP contribution in [-0.2, 0) is 0 Å². The van der Waals surface area contributed by atoms with Crippen molar-refractivity contribution >= 4 is 0 Å². The van der Waals surface area contributed by atoms with E-state index in [2.05, 4.69) is 24.4 Å². The van der Waals surface area contributed by atoms with Gasteiger partial charge in [-0.3, -0.25) is 0 Å². The van der Waals surface area contributed by atoms with E-state index in [1.807, 2.05) is 0 Å². The van der Waals surface area contributed by atoms with Crippen molar-refractivity contribution in [3.63, 3.8) is 0 Å². The predicted molar refractivity (Wildman–Crippen MR) is 63.7 cm³/mol. The standard InChI is InChI=1S/C14H21N/c1-10-5-4-7-12-9-11-6-2-3-8-13(11)15-14(10)12/h6,9-10,13-15H,2-5,7-8H2,1H3/i10D. The fourth-order valence-electron chi connectivity index (χ4n) is 3.24. The molecule has 0 bridgehead atoms. The van der Waals surface area contributed by atoms with Crippen LogP contribution in [0.2, 0.25) is 0 Å². The van der Waals surface area contributed by atoms with Gasteiger partial charge in [0, 0.05) is 13.5 Å². The van der Waals surface area contributed by atoms with Gasteiger partial charge >= 0.3 is 0 Å². The Morgan fingerprint density at radius 2 is 2.33 bits per heavy atom. The second-order valence-electron chi connectivity index (χ2n) is 5.21. The zero-order chi connectivity index (χ0) is 11.2. The molecule has 0 amide bonds. The Hall–Kier alpha value is -0.560. The third-order valence-electron chi connectivity index (χ3n) is 4.10. The molecule has 82 valence electrons. The number of nitrogens with one attached hydrogen (secondary N) is 1. The number of hydrogen-bond donors (Lipinski definition) is 1. The fraction of sp³-hybridized carbons (Fsp3) is 0.714. The van der Waals surface area contributed by atoms with Crippen molar-refractivity contribution in [2.75, 3.05) is 0 Å². The van der Waals surface area contributed by atoms with Crippen LogP contribution in [0.1, 0.15) is 46.8 Å². The van der Waals surface area contributed by atoms with Crippen molar-refractivity contribution in [3.05, 3.63) is 23.3 Å². The molecule has 0 spiro atoms. The molecule has 2 aliphatic carbocycles. The quantitative estimate of drug-likeness (QED) is 0.639. The van der Waals surface area contributed by atoms with Gasteiger partial charge in [-0.05, 0) is 50.0 Å². The summed E-state index contributed by atoms with van der Waals surface area (Å²) in [4.78, 5) is 0. The molecule has 3 aliphatic rings. The van der Waals surface area contributed by atoms with Crippen molar-refractivity contribution in [1.29, 1.82) is 0 Å². The van der Waals surface area contributed by atoms with Gasteiger partial charge in [0.1, 0.15) is 0 Å². The molecule has 15 heavy (non-hydrogen) atoms. The third-order valence-corrected chi connectivity index (χ3v) is 4.10. The molecule has 1 heterocycles. The summed E-state index contributed by atoms with van der Waals surface area (Å²) in [5.41, 5.74) is 2.98. The molecule has 1 aliphatic heterocycles. The number of rotatable bonds is 0. The minimum absolute atomic E-state index is 0.299. The van der Waals surface area contributed by atoms with Gasteiger partial charge in [0.15, 0.2) is 0 Å². The minimum Gasteiger partial charge on any atom is -0.303 e. The van der Waals surface area contributed by atoms with E-state index < -0.39 is 0 Å². The molecule has 0 radical (unpaired) electrons. The second kappa shape index (κ2) is 3.79. The fourth-order valence-corrected chi connectivity index (χ4v) is 3.24. The Morgan fingerprint density at radius 3 is 3.27 bits per heavy atom. The van der Waals surface area contributed by atoms with Crippen LogP contribution in [0.3, 0.4) is 0 Å². The van der Waals surface area contributed by atoms with E-state index in [1.165, 1.54) is 43.3 Å². The van der Waals surface area contributed by atoms with E-state index >= 15 is 0 Å². The van der Waals surface area contributed by atoms with Crippen LogP contribution in [0, 0.1) is 5.89 Å². The van der Waals surface area contributed by atoms with Crippen LogP contribution in [0.4, 0.5) is 0 Å². The smallest absolute Gasteiger partial charge is 0.0322 e. The molecular formula is C14H21N. The Kier molecular flexibility index (Phi) is 2.16. The molecule has 3 atom stereocenters. The molecule has 1 nitrogen and oxygen atoms in total. The zero-order valence-corrected chi connectivity index (χ0v) is 9.55. The van der Waals surface area contributed by atoms with Gasteiger partial charge in [-0.1, -0.05) is 24.6 Å². The first-order valence-corrected chi connectivity index (χ1v) is 6.33. The van der Waals surface area contributed by atoms with E-state index in [4.69, 9.17) is 1.37 Å². The second-order valence-corrected chi connectivity index (χ2v) is 5.21. The molecular weight excluding hydrogens is 182 g/mol. The van der Waals surface area contributed by atoms with Crippen LogP contribution >= 0.6 is 0 Å². The summed E-state index contributed by atoms with van der Waals surface area (Å²) < 4.78 is 8.43. The first-order valence-electron chi connectivity index (χ1n) is 6.83. The molecule has 1 saturated carbocycles. The molecule has 0 aromatic carbocycles. The molecule has 3 rings (SSSR count). The average Bonchev–Trinajstić information content (AvgIpc) is 2.27. The molecule has 0 saturated heterocycles. The summed E-state index contributed by atoms with van der Waals surface area (Å²) >= 11 is 0. The van der Waals surface area contributed by atoms with Gasteiger partial charge in [0.25, 0.3) is 0 Å². The van der Waals surface area contributed by atoms with Gasteiger partial charge in [-0.15, -0.1) is 0 Å². The summed E-state index contributed by atoms with van der Waals surface area (Å²) in [6, 6.07) is 0.840. The monoisotopic (exact) mass is 204 g/mol. The number of allylic oxidation sites excluding steroid dienone is 1. The number of fused-ring (bicyclic) bond motifs is 2. The maximum Gasteiger partial charge on any atom is 0.0322 e. The highest BCUT2D eigenvalue weighted by Gasteiger charge is 2.32. The van der Waals surface area contributed by atoms with E-state index in [-0.39, 0.29) is 5.89 Å². The lowest BCUT2D eigenvalue weighted by molar-refractivity contribution is 0.307. The Bertz CT molecular complexity index is 354. The lowest BCUT2D eigenvalue weighted by Crippen LogP contribution is -2.48. The molecule has 1 fully saturated rings. The predicted octanol–water partition coefficient (Wildman–Crippen LogP) is 3.18. The van der Waals surface area contributed by atoms with E-state index in [0.29, 0.717) is 12.1 Å². The third kappa shape index (κ3) is 1.67. The van der Waals surface area contributed by atoms with Gasteiger partial charge in [-0.25, -0.2) is 0 Å². The Labute approximate surface area is 94.0 Å². The van der Waals surface area contributed by atoms with Crippen LogP contribution in [0.25, 0.3) is 0 Å². The maximum absolute atomic E-state index is 8.43. The van der Waals surface area contributed by atoms with Crippen molar-refractivity contribution in [2.45, 2.75) is 57.5 Å². The minimum atomic E-state index is -0.299. The maximum atomic E-state index is 8.43. The highest BCUT2D eigenvalue weighted by Crippen LogP contribution is 2.35. The van der Waals surface area contributed by atoms with Gasteiger partial charge in [0.2, 0.25) is 0 Å². The summed E-state index contributed by atoms with van der Waals surface area (Å²) in [7, 11) is 0. The van der Waals surface area contributed by atoms with E-state index in [9.17, 15) is 0 Å². The normalized spacial score (nSPS) is 45.8. The first-order chi connectivity index (χ1) is 7.67. The van der Waals surface area contributed by atoms with E-state index in [0.717, 1.165) is 6.42 Å². The van der Waals surface area contributed by atoms with Crippen LogP contribution < -0.4 is 5.32 Å². The zero-order valence-electron chi connectivity index (χ0n) is 10.6. The summed E-state index contributed by atoms with van der Waals surface area (Å²) in [6.45, 7) is 2.09.